The van der Waals surface area contributed by atoms with E-state index >= 15 is 0 Å². The van der Waals surface area contributed by atoms with Crippen LogP contribution in [0.5, 0.6) is 0 Å². The second-order valence-corrected chi connectivity index (χ2v) is 5.77. The molecule has 0 amide bonds. The summed E-state index contributed by atoms with van der Waals surface area (Å²) in [5, 5.41) is 5.03. The molecular weight excluding hydrogens is 244 g/mol. The average Bonchev–Trinajstić information content (AvgIpc) is 3.23. The summed E-state index contributed by atoms with van der Waals surface area (Å²) in [6, 6.07) is 9.58. The van der Waals surface area contributed by atoms with E-state index in [2.05, 4.69) is 46.9 Å². The smallest absolute Gasteiger partial charge is 0.0483 e. The summed E-state index contributed by atoms with van der Waals surface area (Å²) >= 11 is 0. The molecule has 1 aliphatic rings. The topological polar surface area (TPSA) is 17.0 Å². The van der Waals surface area contributed by atoms with E-state index in [1.165, 1.54) is 35.7 Å². The zero-order chi connectivity index (χ0) is 13.8. The molecule has 1 saturated carbocycles. The molecule has 1 heterocycles. The summed E-state index contributed by atoms with van der Waals surface area (Å²) in [6.07, 6.45) is 10.5. The first-order valence-corrected chi connectivity index (χ1v) is 7.79. The first-order chi connectivity index (χ1) is 9.88. The zero-order valence-corrected chi connectivity index (χ0v) is 12.1. The van der Waals surface area contributed by atoms with Gasteiger partial charge in [0.15, 0.2) is 0 Å². The first kappa shape index (κ1) is 13.4. The van der Waals surface area contributed by atoms with Gasteiger partial charge >= 0.3 is 0 Å². The van der Waals surface area contributed by atoms with Gasteiger partial charge in [0.05, 0.1) is 0 Å². The normalized spacial score (nSPS) is 14.8. The molecule has 0 saturated heterocycles. The van der Waals surface area contributed by atoms with Crippen LogP contribution >= 0.6 is 0 Å². The van der Waals surface area contributed by atoms with Crippen molar-refractivity contribution in [3.63, 3.8) is 0 Å². The van der Waals surface area contributed by atoms with E-state index < -0.39 is 0 Å². The van der Waals surface area contributed by atoms with E-state index in [1.54, 1.807) is 0 Å². The van der Waals surface area contributed by atoms with Crippen molar-refractivity contribution < 1.29 is 0 Å². The van der Waals surface area contributed by atoms with Gasteiger partial charge in [-0.25, -0.2) is 0 Å². The Morgan fingerprint density at radius 3 is 2.95 bits per heavy atom. The molecule has 2 aromatic rings. The van der Waals surface area contributed by atoms with Crippen LogP contribution in [-0.2, 0) is 13.0 Å². The number of nitrogens with zero attached hydrogens (tertiary/aromatic N) is 1. The predicted octanol–water partition coefficient (Wildman–Crippen LogP) is 3.90. The zero-order valence-electron chi connectivity index (χ0n) is 12.1. The van der Waals surface area contributed by atoms with Crippen molar-refractivity contribution in [1.82, 2.24) is 9.88 Å². The fraction of sp³-hybridized carbons (Fsp3) is 0.444. The number of allylic oxidation sites excluding steroid dienone is 1. The van der Waals surface area contributed by atoms with E-state index in [9.17, 15) is 0 Å². The highest BCUT2D eigenvalue weighted by Crippen LogP contribution is 2.23. The van der Waals surface area contributed by atoms with Gasteiger partial charge in [-0.2, -0.15) is 0 Å². The van der Waals surface area contributed by atoms with Gasteiger partial charge in [0, 0.05) is 29.7 Å². The standard InChI is InChI=1S/C18H24N2/c1-2-3-6-13-20-14-15(11-12-19-16-9-10-16)17-7-4-5-8-18(17)20/h2,4-5,7-8,14,16,19H,1,3,6,9-13H2. The number of aromatic nitrogens is 1. The van der Waals surface area contributed by atoms with Crippen molar-refractivity contribution in [3.05, 3.63) is 48.7 Å². The minimum absolute atomic E-state index is 0.802. The Morgan fingerprint density at radius 2 is 2.15 bits per heavy atom. The van der Waals surface area contributed by atoms with Crippen LogP contribution in [0.2, 0.25) is 0 Å². The maximum atomic E-state index is 3.80. The van der Waals surface area contributed by atoms with E-state index in [0.717, 1.165) is 32.0 Å². The molecule has 2 heteroatoms. The van der Waals surface area contributed by atoms with Crippen molar-refractivity contribution in [2.75, 3.05) is 6.54 Å². The predicted molar refractivity (Wildman–Crippen MR) is 86.1 cm³/mol. The molecule has 2 nitrogen and oxygen atoms in total. The third kappa shape index (κ3) is 3.13. The molecule has 1 aromatic carbocycles. The van der Waals surface area contributed by atoms with E-state index in [0.29, 0.717) is 0 Å². The van der Waals surface area contributed by atoms with Crippen LogP contribution in [0.25, 0.3) is 10.9 Å². The molecule has 20 heavy (non-hydrogen) atoms. The maximum Gasteiger partial charge on any atom is 0.0483 e. The second kappa shape index (κ2) is 6.27. The van der Waals surface area contributed by atoms with Gasteiger partial charge in [-0.15, -0.1) is 6.58 Å². The first-order valence-electron chi connectivity index (χ1n) is 7.79. The van der Waals surface area contributed by atoms with Crippen molar-refractivity contribution in [3.8, 4) is 0 Å². The largest absolute Gasteiger partial charge is 0.347 e. The molecule has 1 fully saturated rings. The summed E-state index contributed by atoms with van der Waals surface area (Å²) in [5.74, 6) is 0. The maximum absolute atomic E-state index is 3.80. The van der Waals surface area contributed by atoms with Gasteiger partial charge in [0.25, 0.3) is 0 Å². The summed E-state index contributed by atoms with van der Waals surface area (Å²) in [6.45, 7) is 5.99. The molecule has 1 N–H and O–H groups in total. The number of benzene rings is 1. The van der Waals surface area contributed by atoms with E-state index in [4.69, 9.17) is 0 Å². The third-order valence-electron chi connectivity index (χ3n) is 4.08. The van der Waals surface area contributed by atoms with Crippen molar-refractivity contribution in [1.29, 1.82) is 0 Å². The van der Waals surface area contributed by atoms with Gasteiger partial charge in [0.2, 0.25) is 0 Å². The van der Waals surface area contributed by atoms with Crippen molar-refractivity contribution >= 4 is 10.9 Å². The molecule has 0 aliphatic heterocycles. The molecule has 0 atom stereocenters. The number of rotatable bonds is 8. The van der Waals surface area contributed by atoms with Crippen molar-refractivity contribution in [2.24, 2.45) is 0 Å². The lowest BCUT2D eigenvalue weighted by atomic mass is 10.1. The minimum atomic E-state index is 0.802. The highest BCUT2D eigenvalue weighted by atomic mass is 15.0. The van der Waals surface area contributed by atoms with Crippen LogP contribution in [0, 0.1) is 0 Å². The lowest BCUT2D eigenvalue weighted by Gasteiger charge is -2.03. The molecule has 0 bridgehead atoms. The quantitative estimate of drug-likeness (QED) is 0.567. The van der Waals surface area contributed by atoms with Crippen LogP contribution in [0.1, 0.15) is 31.2 Å². The van der Waals surface area contributed by atoms with Crippen LogP contribution in [-0.4, -0.2) is 17.2 Å². The molecule has 1 aromatic heterocycles. The Morgan fingerprint density at radius 1 is 1.30 bits per heavy atom. The highest BCUT2D eigenvalue weighted by Gasteiger charge is 2.19. The summed E-state index contributed by atoms with van der Waals surface area (Å²) in [7, 11) is 0. The van der Waals surface area contributed by atoms with E-state index in [-0.39, 0.29) is 0 Å². The molecule has 3 rings (SSSR count). The summed E-state index contributed by atoms with van der Waals surface area (Å²) in [4.78, 5) is 0. The fourth-order valence-electron chi connectivity index (χ4n) is 2.81. The van der Waals surface area contributed by atoms with Gasteiger partial charge < -0.3 is 9.88 Å². The molecule has 1 aliphatic carbocycles. The number of unbranched alkanes of at least 4 members (excludes halogenated alkanes) is 1. The molecule has 0 unspecified atom stereocenters. The number of aryl methyl sites for hydroxylation is 1. The molecule has 106 valence electrons. The minimum Gasteiger partial charge on any atom is -0.347 e. The Balaban J connectivity index is 1.73. The average molecular weight is 268 g/mol. The molecular formula is C18H24N2. The highest BCUT2D eigenvalue weighted by molar-refractivity contribution is 5.84. The van der Waals surface area contributed by atoms with Gasteiger partial charge in [-0.1, -0.05) is 24.3 Å². The van der Waals surface area contributed by atoms with Gasteiger partial charge in [-0.05, 0) is 50.3 Å². The van der Waals surface area contributed by atoms with Crippen molar-refractivity contribution in [2.45, 2.75) is 44.7 Å². The molecule has 0 spiro atoms. The fourth-order valence-corrected chi connectivity index (χ4v) is 2.81. The lowest BCUT2D eigenvalue weighted by Crippen LogP contribution is -2.19. The number of para-hydroxylation sites is 1. The van der Waals surface area contributed by atoms with Gasteiger partial charge in [0.1, 0.15) is 0 Å². The lowest BCUT2D eigenvalue weighted by molar-refractivity contribution is 0.661. The Labute approximate surface area is 121 Å². The monoisotopic (exact) mass is 268 g/mol. The van der Waals surface area contributed by atoms with E-state index in [1.807, 2.05) is 6.08 Å². The number of hydrogen-bond donors (Lipinski definition) is 1. The summed E-state index contributed by atoms with van der Waals surface area (Å²) < 4.78 is 2.41. The molecule has 0 radical (unpaired) electrons. The summed E-state index contributed by atoms with van der Waals surface area (Å²) in [5.41, 5.74) is 2.85. The second-order valence-electron chi connectivity index (χ2n) is 5.77. The third-order valence-corrected chi connectivity index (χ3v) is 4.08. The number of nitrogens with one attached hydrogen (secondary N) is 1. The van der Waals surface area contributed by atoms with Crippen LogP contribution in [0.3, 0.4) is 0 Å². The Kier molecular flexibility index (Phi) is 4.22. The Bertz CT molecular complexity index is 578. The number of fused-ring (bicyclic) bond motifs is 1. The Hall–Kier alpha value is -1.54. The SMILES string of the molecule is C=CCCCn1cc(CCNC2CC2)c2ccccc21. The van der Waals surface area contributed by atoms with Crippen LogP contribution < -0.4 is 5.32 Å². The van der Waals surface area contributed by atoms with Gasteiger partial charge in [-0.3, -0.25) is 0 Å². The number of hydrogen-bond acceptors (Lipinski definition) is 1. The van der Waals surface area contributed by atoms with Crippen LogP contribution in [0.4, 0.5) is 0 Å². The van der Waals surface area contributed by atoms with Crippen LogP contribution in [0.15, 0.2) is 43.1 Å².